The number of rotatable bonds is 5. The first-order valence-corrected chi connectivity index (χ1v) is 6.58. The SMILES string of the molecule is C=CCCCN(C)C(=O)C1NCCCC1(C)C. The molecule has 0 bridgehead atoms. The third-order valence-electron chi connectivity index (χ3n) is 3.65. The highest BCUT2D eigenvalue weighted by molar-refractivity contribution is 5.82. The predicted octanol–water partition coefficient (Wildman–Crippen LogP) is 2.19. The average molecular weight is 238 g/mol. The third-order valence-corrected chi connectivity index (χ3v) is 3.65. The zero-order valence-corrected chi connectivity index (χ0v) is 11.5. The van der Waals surface area contributed by atoms with Crippen molar-refractivity contribution in [2.45, 2.75) is 45.6 Å². The van der Waals surface area contributed by atoms with E-state index in [2.05, 4.69) is 25.7 Å². The Morgan fingerprint density at radius 1 is 1.59 bits per heavy atom. The molecule has 1 unspecified atom stereocenters. The lowest BCUT2D eigenvalue weighted by Gasteiger charge is -2.40. The molecule has 0 aromatic heterocycles. The minimum atomic E-state index is -0.0232. The Hall–Kier alpha value is -0.830. The molecule has 0 aliphatic carbocycles. The van der Waals surface area contributed by atoms with Crippen LogP contribution >= 0.6 is 0 Å². The molecule has 3 nitrogen and oxygen atoms in total. The van der Waals surface area contributed by atoms with E-state index in [1.165, 1.54) is 0 Å². The molecular formula is C14H26N2O. The molecule has 0 saturated carbocycles. The van der Waals surface area contributed by atoms with E-state index >= 15 is 0 Å². The van der Waals surface area contributed by atoms with Gasteiger partial charge in [0, 0.05) is 13.6 Å². The van der Waals surface area contributed by atoms with Gasteiger partial charge in [0.25, 0.3) is 0 Å². The number of nitrogens with zero attached hydrogens (tertiary/aromatic N) is 1. The van der Waals surface area contributed by atoms with Crippen molar-refractivity contribution in [3.05, 3.63) is 12.7 Å². The van der Waals surface area contributed by atoms with Crippen LogP contribution < -0.4 is 5.32 Å². The van der Waals surface area contributed by atoms with E-state index in [-0.39, 0.29) is 17.4 Å². The van der Waals surface area contributed by atoms with Gasteiger partial charge in [0.05, 0.1) is 6.04 Å². The number of hydrogen-bond donors (Lipinski definition) is 1. The number of carbonyl (C=O) groups is 1. The van der Waals surface area contributed by atoms with Crippen molar-refractivity contribution < 1.29 is 4.79 Å². The fourth-order valence-electron chi connectivity index (χ4n) is 2.44. The molecule has 98 valence electrons. The molecule has 17 heavy (non-hydrogen) atoms. The summed E-state index contributed by atoms with van der Waals surface area (Å²) in [4.78, 5) is 14.2. The van der Waals surface area contributed by atoms with E-state index < -0.39 is 0 Å². The highest BCUT2D eigenvalue weighted by Crippen LogP contribution is 2.30. The van der Waals surface area contributed by atoms with Crippen LogP contribution in [0.3, 0.4) is 0 Å². The van der Waals surface area contributed by atoms with E-state index in [0.717, 1.165) is 38.8 Å². The summed E-state index contributed by atoms with van der Waals surface area (Å²) >= 11 is 0. The van der Waals surface area contributed by atoms with Gasteiger partial charge >= 0.3 is 0 Å². The maximum atomic E-state index is 12.3. The van der Waals surface area contributed by atoms with Crippen molar-refractivity contribution in [2.75, 3.05) is 20.1 Å². The molecular weight excluding hydrogens is 212 g/mol. The van der Waals surface area contributed by atoms with Crippen LogP contribution in [0.4, 0.5) is 0 Å². The average Bonchev–Trinajstić information content (AvgIpc) is 2.28. The van der Waals surface area contributed by atoms with Gasteiger partial charge in [-0.05, 0) is 37.6 Å². The lowest BCUT2D eigenvalue weighted by molar-refractivity contribution is -0.136. The molecule has 1 fully saturated rings. The Morgan fingerprint density at radius 3 is 2.88 bits per heavy atom. The topological polar surface area (TPSA) is 32.3 Å². The van der Waals surface area contributed by atoms with Gasteiger partial charge in [0.15, 0.2) is 0 Å². The van der Waals surface area contributed by atoms with Crippen molar-refractivity contribution in [1.29, 1.82) is 0 Å². The number of likely N-dealkylation sites (N-methyl/N-ethyl adjacent to an activating group) is 1. The largest absolute Gasteiger partial charge is 0.344 e. The summed E-state index contributed by atoms with van der Waals surface area (Å²) in [6.45, 7) is 9.84. The molecule has 1 aliphatic heterocycles. The summed E-state index contributed by atoms with van der Waals surface area (Å²) in [6, 6.07) is -0.0232. The van der Waals surface area contributed by atoms with Crippen LogP contribution in [0.1, 0.15) is 39.5 Å². The number of carbonyl (C=O) groups excluding carboxylic acids is 1. The number of amides is 1. The van der Waals surface area contributed by atoms with Crippen molar-refractivity contribution in [3.63, 3.8) is 0 Å². The van der Waals surface area contributed by atoms with Crippen molar-refractivity contribution in [2.24, 2.45) is 5.41 Å². The highest BCUT2D eigenvalue weighted by Gasteiger charge is 2.38. The van der Waals surface area contributed by atoms with Crippen LogP contribution in [-0.2, 0) is 4.79 Å². The van der Waals surface area contributed by atoms with Crippen molar-refractivity contribution in [3.8, 4) is 0 Å². The molecule has 1 heterocycles. The van der Waals surface area contributed by atoms with Gasteiger partial charge in [-0.3, -0.25) is 4.79 Å². The molecule has 1 rings (SSSR count). The van der Waals surface area contributed by atoms with Crippen LogP contribution in [0.15, 0.2) is 12.7 Å². The summed E-state index contributed by atoms with van der Waals surface area (Å²) < 4.78 is 0. The highest BCUT2D eigenvalue weighted by atomic mass is 16.2. The molecule has 0 aromatic rings. The fraction of sp³-hybridized carbons (Fsp3) is 0.786. The Balaban J connectivity index is 2.52. The normalized spacial score (nSPS) is 23.1. The summed E-state index contributed by atoms with van der Waals surface area (Å²) in [7, 11) is 1.90. The van der Waals surface area contributed by atoms with Gasteiger partial charge in [-0.2, -0.15) is 0 Å². The van der Waals surface area contributed by atoms with E-state index in [4.69, 9.17) is 0 Å². The number of hydrogen-bond acceptors (Lipinski definition) is 2. The van der Waals surface area contributed by atoms with Gasteiger partial charge in [-0.1, -0.05) is 19.9 Å². The minimum absolute atomic E-state index is 0.0232. The minimum Gasteiger partial charge on any atom is -0.344 e. The summed E-state index contributed by atoms with van der Waals surface area (Å²) in [6.07, 6.45) is 6.16. The van der Waals surface area contributed by atoms with Gasteiger partial charge in [0.1, 0.15) is 0 Å². The van der Waals surface area contributed by atoms with Gasteiger partial charge < -0.3 is 10.2 Å². The second-order valence-electron chi connectivity index (χ2n) is 5.67. The van der Waals surface area contributed by atoms with Crippen LogP contribution in [0.5, 0.6) is 0 Å². The Morgan fingerprint density at radius 2 is 2.29 bits per heavy atom. The molecule has 1 N–H and O–H groups in total. The Labute approximate surface area is 105 Å². The lowest BCUT2D eigenvalue weighted by Crippen LogP contribution is -2.55. The zero-order chi connectivity index (χ0) is 12.9. The van der Waals surface area contributed by atoms with E-state index in [1.54, 1.807) is 0 Å². The standard InChI is InChI=1S/C14H26N2O/c1-5-6-7-11-16(4)13(17)12-14(2,3)9-8-10-15-12/h5,12,15H,1,6-11H2,2-4H3. The maximum Gasteiger partial charge on any atom is 0.240 e. The number of nitrogens with one attached hydrogen (secondary N) is 1. The molecule has 1 aliphatic rings. The Kier molecular flexibility index (Phi) is 5.19. The Bertz CT molecular complexity index is 273. The monoisotopic (exact) mass is 238 g/mol. The molecule has 0 radical (unpaired) electrons. The molecule has 1 saturated heterocycles. The van der Waals surface area contributed by atoms with Crippen LogP contribution in [0.25, 0.3) is 0 Å². The smallest absolute Gasteiger partial charge is 0.240 e. The summed E-state index contributed by atoms with van der Waals surface area (Å²) in [5, 5.41) is 3.37. The number of allylic oxidation sites excluding steroid dienone is 1. The first kappa shape index (κ1) is 14.2. The second-order valence-corrected chi connectivity index (χ2v) is 5.67. The predicted molar refractivity (Wildman–Crippen MR) is 71.9 cm³/mol. The van der Waals surface area contributed by atoms with Crippen LogP contribution in [-0.4, -0.2) is 37.0 Å². The van der Waals surface area contributed by atoms with E-state index in [9.17, 15) is 4.79 Å². The molecule has 1 amide bonds. The number of unbranched alkanes of at least 4 members (excludes halogenated alkanes) is 1. The molecule has 0 spiro atoms. The van der Waals surface area contributed by atoms with Crippen molar-refractivity contribution in [1.82, 2.24) is 10.2 Å². The third kappa shape index (κ3) is 3.84. The van der Waals surface area contributed by atoms with Gasteiger partial charge in [-0.15, -0.1) is 6.58 Å². The first-order chi connectivity index (χ1) is 7.99. The molecule has 3 heteroatoms. The quantitative estimate of drug-likeness (QED) is 0.588. The number of piperidine rings is 1. The van der Waals surface area contributed by atoms with Gasteiger partial charge in [-0.25, -0.2) is 0 Å². The van der Waals surface area contributed by atoms with Crippen LogP contribution in [0, 0.1) is 5.41 Å². The molecule has 0 aromatic carbocycles. The summed E-state index contributed by atoms with van der Waals surface area (Å²) in [5.74, 6) is 0.235. The van der Waals surface area contributed by atoms with Crippen LogP contribution in [0.2, 0.25) is 0 Å². The second kappa shape index (κ2) is 6.20. The molecule has 1 atom stereocenters. The lowest BCUT2D eigenvalue weighted by atomic mass is 9.77. The van der Waals surface area contributed by atoms with E-state index in [1.807, 2.05) is 18.0 Å². The zero-order valence-electron chi connectivity index (χ0n) is 11.5. The first-order valence-electron chi connectivity index (χ1n) is 6.58. The maximum absolute atomic E-state index is 12.3. The van der Waals surface area contributed by atoms with E-state index in [0.29, 0.717) is 0 Å². The van der Waals surface area contributed by atoms with Gasteiger partial charge in [0.2, 0.25) is 5.91 Å². The van der Waals surface area contributed by atoms with Crippen molar-refractivity contribution >= 4 is 5.91 Å². The fourth-order valence-corrected chi connectivity index (χ4v) is 2.44. The summed E-state index contributed by atoms with van der Waals surface area (Å²) in [5.41, 5.74) is 0.0715.